The molecule has 0 atom stereocenters. The van der Waals surface area contributed by atoms with Crippen LogP contribution in [0.25, 0.3) is 0 Å². The molecule has 0 aromatic heterocycles. The van der Waals surface area contributed by atoms with Crippen molar-refractivity contribution in [2.45, 2.75) is 25.9 Å². The number of halogens is 2. The molecule has 2 N–H and O–H groups in total. The summed E-state index contributed by atoms with van der Waals surface area (Å²) in [6, 6.07) is 15.3. The molecule has 0 saturated carbocycles. The second kappa shape index (κ2) is 12.4. The second-order valence-electron chi connectivity index (χ2n) is 8.08. The number of nitrogens with zero attached hydrogens (tertiary/aromatic N) is 3. The molecule has 1 aliphatic heterocycles. The number of hydrogen-bond acceptors (Lipinski definition) is 4. The van der Waals surface area contributed by atoms with Gasteiger partial charge in [-0.1, -0.05) is 48.0 Å². The van der Waals surface area contributed by atoms with Gasteiger partial charge in [-0.15, -0.1) is 0 Å². The standard InChI is InChI=1S/C24H34ClFN4/c25-23-9-4-10-24(26)22(23)20-30(19-21-7-2-1-3-8-21)14-6-13-29-17-15-28(16-18-29)12-5-11-27/h1-4,7-10H,5-6,11-20,27H2. The maximum absolute atomic E-state index is 14.4. The molecule has 2 aromatic carbocycles. The third-order valence-corrected chi connectivity index (χ3v) is 6.14. The lowest BCUT2D eigenvalue weighted by Gasteiger charge is -2.35. The van der Waals surface area contributed by atoms with E-state index in [9.17, 15) is 4.39 Å². The summed E-state index contributed by atoms with van der Waals surface area (Å²) >= 11 is 6.29. The van der Waals surface area contributed by atoms with Crippen LogP contribution in [-0.2, 0) is 13.1 Å². The van der Waals surface area contributed by atoms with Crippen LogP contribution in [0, 0.1) is 5.82 Å². The molecule has 1 saturated heterocycles. The molecule has 6 heteroatoms. The van der Waals surface area contributed by atoms with Gasteiger partial charge in [-0.05, 0) is 50.2 Å². The quantitative estimate of drug-likeness (QED) is 0.585. The fraction of sp³-hybridized carbons (Fsp3) is 0.500. The monoisotopic (exact) mass is 432 g/mol. The highest BCUT2D eigenvalue weighted by Gasteiger charge is 2.17. The molecular formula is C24H34ClFN4. The molecule has 1 fully saturated rings. The van der Waals surface area contributed by atoms with E-state index >= 15 is 0 Å². The van der Waals surface area contributed by atoms with Gasteiger partial charge in [0.05, 0.1) is 0 Å². The van der Waals surface area contributed by atoms with E-state index in [1.807, 2.05) is 18.2 Å². The van der Waals surface area contributed by atoms with Gasteiger partial charge in [-0.3, -0.25) is 4.90 Å². The predicted molar refractivity (Wildman–Crippen MR) is 123 cm³/mol. The molecule has 0 amide bonds. The molecule has 4 nitrogen and oxygen atoms in total. The summed E-state index contributed by atoms with van der Waals surface area (Å²) in [7, 11) is 0. The van der Waals surface area contributed by atoms with Gasteiger partial charge in [0.1, 0.15) is 5.82 Å². The van der Waals surface area contributed by atoms with Crippen molar-refractivity contribution in [3.05, 3.63) is 70.5 Å². The lowest BCUT2D eigenvalue weighted by Crippen LogP contribution is -2.47. The maximum Gasteiger partial charge on any atom is 0.129 e. The molecular weight excluding hydrogens is 399 g/mol. The number of piperazine rings is 1. The number of hydrogen-bond donors (Lipinski definition) is 1. The van der Waals surface area contributed by atoms with E-state index in [2.05, 4.69) is 26.8 Å². The van der Waals surface area contributed by atoms with E-state index < -0.39 is 0 Å². The largest absolute Gasteiger partial charge is 0.330 e. The molecule has 30 heavy (non-hydrogen) atoms. The van der Waals surface area contributed by atoms with Gasteiger partial charge in [0.15, 0.2) is 0 Å². The van der Waals surface area contributed by atoms with E-state index in [1.54, 1.807) is 12.1 Å². The molecule has 0 unspecified atom stereocenters. The average molecular weight is 433 g/mol. The minimum atomic E-state index is -0.228. The lowest BCUT2D eigenvalue weighted by atomic mass is 10.1. The Morgan fingerprint density at radius 2 is 1.53 bits per heavy atom. The van der Waals surface area contributed by atoms with Crippen molar-refractivity contribution in [2.75, 3.05) is 52.4 Å². The first-order chi connectivity index (χ1) is 14.7. The van der Waals surface area contributed by atoms with Crippen LogP contribution in [-0.4, -0.2) is 67.1 Å². The first kappa shape index (κ1) is 23.2. The zero-order valence-electron chi connectivity index (χ0n) is 17.8. The molecule has 164 valence electrons. The first-order valence-corrected chi connectivity index (χ1v) is 11.4. The SMILES string of the molecule is NCCCN1CCN(CCCN(Cc2ccccc2)Cc2c(F)cccc2Cl)CC1. The summed E-state index contributed by atoms with van der Waals surface area (Å²) in [6.45, 7) is 9.64. The van der Waals surface area contributed by atoms with Gasteiger partial charge in [0.25, 0.3) is 0 Å². The Hall–Kier alpha value is -1.50. The zero-order valence-corrected chi connectivity index (χ0v) is 18.5. The first-order valence-electron chi connectivity index (χ1n) is 11.0. The molecule has 0 bridgehead atoms. The van der Waals surface area contributed by atoms with Crippen LogP contribution in [0.3, 0.4) is 0 Å². The minimum absolute atomic E-state index is 0.228. The maximum atomic E-state index is 14.4. The van der Waals surface area contributed by atoms with Crippen LogP contribution in [0.1, 0.15) is 24.0 Å². The van der Waals surface area contributed by atoms with Crippen molar-refractivity contribution in [3.63, 3.8) is 0 Å². The van der Waals surface area contributed by atoms with E-state index in [0.29, 0.717) is 17.1 Å². The summed E-state index contributed by atoms with van der Waals surface area (Å²) in [4.78, 5) is 7.35. The Kier molecular flexibility index (Phi) is 9.56. The smallest absolute Gasteiger partial charge is 0.129 e. The van der Waals surface area contributed by atoms with E-state index in [4.69, 9.17) is 17.3 Å². The highest BCUT2D eigenvalue weighted by molar-refractivity contribution is 6.31. The van der Waals surface area contributed by atoms with Crippen LogP contribution in [0.15, 0.2) is 48.5 Å². The zero-order chi connectivity index (χ0) is 21.2. The molecule has 0 aliphatic carbocycles. The second-order valence-corrected chi connectivity index (χ2v) is 8.48. The van der Waals surface area contributed by atoms with Gasteiger partial charge >= 0.3 is 0 Å². The summed E-state index contributed by atoms with van der Waals surface area (Å²) in [5.74, 6) is -0.228. The van der Waals surface area contributed by atoms with Gasteiger partial charge < -0.3 is 15.5 Å². The average Bonchev–Trinajstić information content (AvgIpc) is 2.76. The lowest BCUT2D eigenvalue weighted by molar-refractivity contribution is 0.125. The third-order valence-electron chi connectivity index (χ3n) is 5.78. The van der Waals surface area contributed by atoms with Crippen LogP contribution >= 0.6 is 11.6 Å². The van der Waals surface area contributed by atoms with Gasteiger partial charge in [0.2, 0.25) is 0 Å². The van der Waals surface area contributed by atoms with Crippen LogP contribution in [0.4, 0.5) is 4.39 Å². The Morgan fingerprint density at radius 3 is 2.17 bits per heavy atom. The Morgan fingerprint density at radius 1 is 0.867 bits per heavy atom. The fourth-order valence-corrected chi connectivity index (χ4v) is 4.25. The van der Waals surface area contributed by atoms with Crippen LogP contribution in [0.5, 0.6) is 0 Å². The number of nitrogens with two attached hydrogens (primary N) is 1. The summed E-state index contributed by atoms with van der Waals surface area (Å²) in [6.07, 6.45) is 2.13. The minimum Gasteiger partial charge on any atom is -0.330 e. The van der Waals surface area contributed by atoms with Crippen molar-refractivity contribution in [2.24, 2.45) is 5.73 Å². The van der Waals surface area contributed by atoms with E-state index in [-0.39, 0.29) is 5.82 Å². The molecule has 3 rings (SSSR count). The Bertz CT molecular complexity index is 730. The van der Waals surface area contributed by atoms with Crippen LogP contribution in [0.2, 0.25) is 5.02 Å². The molecule has 2 aromatic rings. The van der Waals surface area contributed by atoms with Gasteiger partial charge in [-0.25, -0.2) is 4.39 Å². The van der Waals surface area contributed by atoms with Crippen molar-refractivity contribution >= 4 is 11.6 Å². The highest BCUT2D eigenvalue weighted by Crippen LogP contribution is 2.22. The van der Waals surface area contributed by atoms with Gasteiger partial charge in [-0.2, -0.15) is 0 Å². The van der Waals surface area contributed by atoms with Gasteiger partial charge in [0, 0.05) is 56.4 Å². The summed E-state index contributed by atoms with van der Waals surface area (Å²) < 4.78 is 14.4. The predicted octanol–water partition coefficient (Wildman–Crippen LogP) is 3.84. The normalized spacial score (nSPS) is 15.7. The third kappa shape index (κ3) is 7.33. The molecule has 0 radical (unpaired) electrons. The van der Waals surface area contributed by atoms with Crippen molar-refractivity contribution < 1.29 is 4.39 Å². The van der Waals surface area contributed by atoms with E-state index in [1.165, 1.54) is 11.6 Å². The fourth-order valence-electron chi connectivity index (χ4n) is 4.03. The summed E-state index contributed by atoms with van der Waals surface area (Å²) in [5, 5.41) is 0.502. The molecule has 1 aliphatic rings. The number of rotatable bonds is 11. The highest BCUT2D eigenvalue weighted by atomic mass is 35.5. The van der Waals surface area contributed by atoms with Crippen LogP contribution < -0.4 is 5.73 Å². The molecule has 1 heterocycles. The van der Waals surface area contributed by atoms with Crippen molar-refractivity contribution in [1.82, 2.24) is 14.7 Å². The number of benzene rings is 2. The van der Waals surface area contributed by atoms with Crippen molar-refractivity contribution in [1.29, 1.82) is 0 Å². The van der Waals surface area contributed by atoms with Crippen molar-refractivity contribution in [3.8, 4) is 0 Å². The Labute approximate surface area is 185 Å². The molecule has 0 spiro atoms. The Balaban J connectivity index is 1.53. The van der Waals surface area contributed by atoms with E-state index in [0.717, 1.165) is 71.7 Å². The topological polar surface area (TPSA) is 35.7 Å². The summed E-state index contributed by atoms with van der Waals surface area (Å²) in [5.41, 5.74) is 7.44.